The number of aromatic amines is 1. The van der Waals surface area contributed by atoms with Crippen LogP contribution in [0.5, 0.6) is 0 Å². The average molecular weight is 364 g/mol. The van der Waals surface area contributed by atoms with Crippen LogP contribution >= 0.6 is 0 Å². The fourth-order valence-electron chi connectivity index (χ4n) is 4.70. The van der Waals surface area contributed by atoms with Gasteiger partial charge in [-0.25, -0.2) is 0 Å². The van der Waals surface area contributed by atoms with Gasteiger partial charge in [0.2, 0.25) is 0 Å². The van der Waals surface area contributed by atoms with Crippen molar-refractivity contribution in [3.63, 3.8) is 0 Å². The molecule has 0 amide bonds. The molecule has 27 heavy (non-hydrogen) atoms. The summed E-state index contributed by atoms with van der Waals surface area (Å²) in [5.41, 5.74) is 5.22. The molecule has 5 heteroatoms. The predicted molar refractivity (Wildman–Crippen MR) is 108 cm³/mol. The zero-order valence-corrected chi connectivity index (χ0v) is 16.2. The SMILES string of the molecule is C[C@H]1CCCN1Cc1cc2n(n1)CCCN(Cc1ccc3[nH]ccc3c1)C2. The van der Waals surface area contributed by atoms with Crippen molar-refractivity contribution in [3.05, 3.63) is 53.5 Å². The van der Waals surface area contributed by atoms with Crippen LogP contribution < -0.4 is 0 Å². The first-order valence-corrected chi connectivity index (χ1v) is 10.3. The lowest BCUT2D eigenvalue weighted by Gasteiger charge is -2.20. The second-order valence-corrected chi connectivity index (χ2v) is 8.28. The number of nitrogens with one attached hydrogen (secondary N) is 1. The van der Waals surface area contributed by atoms with Gasteiger partial charge in [-0.15, -0.1) is 0 Å². The number of benzene rings is 1. The lowest BCUT2D eigenvalue weighted by molar-refractivity contribution is 0.254. The Bertz CT molecular complexity index is 924. The van der Waals surface area contributed by atoms with Gasteiger partial charge in [0.25, 0.3) is 0 Å². The Morgan fingerprint density at radius 1 is 1.07 bits per heavy atom. The van der Waals surface area contributed by atoms with Gasteiger partial charge in [0.1, 0.15) is 0 Å². The summed E-state index contributed by atoms with van der Waals surface area (Å²) in [7, 11) is 0. The number of likely N-dealkylation sites (tertiary alicyclic amines) is 1. The molecule has 0 bridgehead atoms. The number of fused-ring (bicyclic) bond motifs is 2. The maximum Gasteiger partial charge on any atom is 0.0768 e. The molecule has 2 aliphatic heterocycles. The standard InChI is InChI=1S/C22H29N5/c1-17-4-2-10-26(17)15-20-13-21-16-25(9-3-11-27(21)24-20)14-18-5-6-22-19(12-18)7-8-23-22/h5-8,12-13,17,23H,2-4,9-11,14-16H2,1H3/t17-/m0/s1. The van der Waals surface area contributed by atoms with Crippen LogP contribution in [0.15, 0.2) is 36.5 Å². The van der Waals surface area contributed by atoms with Crippen molar-refractivity contribution in [2.24, 2.45) is 0 Å². The first kappa shape index (κ1) is 17.0. The zero-order chi connectivity index (χ0) is 18.2. The minimum atomic E-state index is 0.700. The molecule has 2 aliphatic rings. The Morgan fingerprint density at radius 3 is 2.93 bits per heavy atom. The van der Waals surface area contributed by atoms with E-state index in [1.54, 1.807) is 0 Å². The molecular formula is C22H29N5. The molecule has 1 aromatic carbocycles. The number of nitrogens with zero attached hydrogens (tertiary/aromatic N) is 4. The third-order valence-electron chi connectivity index (χ3n) is 6.22. The van der Waals surface area contributed by atoms with Gasteiger partial charge in [0, 0.05) is 50.5 Å². The second-order valence-electron chi connectivity index (χ2n) is 8.28. The number of hydrogen-bond donors (Lipinski definition) is 1. The zero-order valence-electron chi connectivity index (χ0n) is 16.2. The molecule has 2 aromatic heterocycles. The summed E-state index contributed by atoms with van der Waals surface area (Å²) in [5.74, 6) is 0. The van der Waals surface area contributed by atoms with E-state index < -0.39 is 0 Å². The molecule has 0 spiro atoms. The lowest BCUT2D eigenvalue weighted by atomic mass is 10.1. The molecule has 142 valence electrons. The van der Waals surface area contributed by atoms with E-state index in [9.17, 15) is 0 Å². The van der Waals surface area contributed by atoms with Crippen molar-refractivity contribution >= 4 is 10.9 Å². The Labute approximate surface area is 161 Å². The predicted octanol–water partition coefficient (Wildman–Crippen LogP) is 3.75. The van der Waals surface area contributed by atoms with E-state index in [0.717, 1.165) is 32.7 Å². The molecule has 0 saturated carbocycles. The molecule has 0 radical (unpaired) electrons. The van der Waals surface area contributed by atoms with E-state index >= 15 is 0 Å². The molecule has 3 aromatic rings. The van der Waals surface area contributed by atoms with E-state index in [-0.39, 0.29) is 0 Å². The van der Waals surface area contributed by atoms with Crippen LogP contribution in [0.2, 0.25) is 0 Å². The summed E-state index contributed by atoms with van der Waals surface area (Å²) in [4.78, 5) is 8.42. The second kappa shape index (κ2) is 7.13. The van der Waals surface area contributed by atoms with E-state index in [1.807, 2.05) is 6.20 Å². The molecule has 0 unspecified atom stereocenters. The van der Waals surface area contributed by atoms with Gasteiger partial charge in [-0.1, -0.05) is 6.07 Å². The van der Waals surface area contributed by atoms with Crippen molar-refractivity contribution < 1.29 is 0 Å². The van der Waals surface area contributed by atoms with Crippen LogP contribution in [-0.2, 0) is 26.2 Å². The van der Waals surface area contributed by atoms with Crippen molar-refractivity contribution in [1.29, 1.82) is 0 Å². The van der Waals surface area contributed by atoms with Crippen molar-refractivity contribution in [2.75, 3.05) is 13.1 Å². The molecule has 1 N–H and O–H groups in total. The quantitative estimate of drug-likeness (QED) is 0.767. The molecule has 4 heterocycles. The van der Waals surface area contributed by atoms with Crippen molar-refractivity contribution in [1.82, 2.24) is 24.6 Å². The smallest absolute Gasteiger partial charge is 0.0768 e. The minimum Gasteiger partial charge on any atom is -0.361 e. The summed E-state index contributed by atoms with van der Waals surface area (Å²) in [6.07, 6.45) is 5.84. The highest BCUT2D eigenvalue weighted by atomic mass is 15.3. The normalized spacial score (nSPS) is 21.6. The Hall–Kier alpha value is -2.11. The number of hydrogen-bond acceptors (Lipinski definition) is 3. The van der Waals surface area contributed by atoms with E-state index in [2.05, 4.69) is 56.7 Å². The van der Waals surface area contributed by atoms with Crippen molar-refractivity contribution in [3.8, 4) is 0 Å². The Morgan fingerprint density at radius 2 is 2.04 bits per heavy atom. The molecule has 1 saturated heterocycles. The van der Waals surface area contributed by atoms with Gasteiger partial charge >= 0.3 is 0 Å². The maximum absolute atomic E-state index is 4.93. The summed E-state index contributed by atoms with van der Waals surface area (Å²) in [6.45, 7) is 8.74. The number of aryl methyl sites for hydroxylation is 1. The van der Waals surface area contributed by atoms with Crippen LogP contribution in [0.3, 0.4) is 0 Å². The van der Waals surface area contributed by atoms with E-state index in [0.29, 0.717) is 6.04 Å². The van der Waals surface area contributed by atoms with Gasteiger partial charge < -0.3 is 4.98 Å². The monoisotopic (exact) mass is 363 g/mol. The third-order valence-corrected chi connectivity index (χ3v) is 6.22. The molecular weight excluding hydrogens is 334 g/mol. The number of aromatic nitrogens is 3. The number of rotatable bonds is 4. The Balaban J connectivity index is 1.29. The van der Waals surface area contributed by atoms with Gasteiger partial charge in [-0.05, 0) is 67.9 Å². The van der Waals surface area contributed by atoms with Crippen LogP contribution in [0.1, 0.15) is 43.1 Å². The van der Waals surface area contributed by atoms with Gasteiger partial charge in [-0.3, -0.25) is 14.5 Å². The minimum absolute atomic E-state index is 0.700. The van der Waals surface area contributed by atoms with Crippen molar-refractivity contribution in [2.45, 2.75) is 58.4 Å². The molecule has 5 rings (SSSR count). The largest absolute Gasteiger partial charge is 0.361 e. The highest BCUT2D eigenvalue weighted by Crippen LogP contribution is 2.22. The summed E-state index contributed by atoms with van der Waals surface area (Å²) < 4.78 is 2.26. The first-order chi connectivity index (χ1) is 13.2. The number of H-pyrrole nitrogens is 1. The van der Waals surface area contributed by atoms with Gasteiger partial charge in [0.05, 0.1) is 11.4 Å². The third kappa shape index (κ3) is 3.54. The first-order valence-electron chi connectivity index (χ1n) is 10.3. The van der Waals surface area contributed by atoms with Gasteiger partial charge in [-0.2, -0.15) is 5.10 Å². The van der Waals surface area contributed by atoms with Crippen LogP contribution in [0.4, 0.5) is 0 Å². The molecule has 1 fully saturated rings. The van der Waals surface area contributed by atoms with Gasteiger partial charge in [0.15, 0.2) is 0 Å². The van der Waals surface area contributed by atoms with Crippen LogP contribution in [0, 0.1) is 0 Å². The maximum atomic E-state index is 4.93. The molecule has 5 nitrogen and oxygen atoms in total. The van der Waals surface area contributed by atoms with E-state index in [4.69, 9.17) is 5.10 Å². The van der Waals surface area contributed by atoms with E-state index in [1.165, 1.54) is 53.7 Å². The van der Waals surface area contributed by atoms with Crippen LogP contribution in [0.25, 0.3) is 10.9 Å². The Kier molecular flexibility index (Phi) is 4.50. The lowest BCUT2D eigenvalue weighted by Crippen LogP contribution is -2.26. The molecule has 1 atom stereocenters. The average Bonchev–Trinajstić information content (AvgIpc) is 3.34. The summed E-state index contributed by atoms with van der Waals surface area (Å²) >= 11 is 0. The summed E-state index contributed by atoms with van der Waals surface area (Å²) in [6, 6.07) is 12.0. The highest BCUT2D eigenvalue weighted by molar-refractivity contribution is 5.79. The highest BCUT2D eigenvalue weighted by Gasteiger charge is 2.23. The fraction of sp³-hybridized carbons (Fsp3) is 0.500. The fourth-order valence-corrected chi connectivity index (χ4v) is 4.70. The topological polar surface area (TPSA) is 40.1 Å². The van der Waals surface area contributed by atoms with Crippen LogP contribution in [-0.4, -0.2) is 43.7 Å². The summed E-state index contributed by atoms with van der Waals surface area (Å²) in [5, 5.41) is 6.23. The molecule has 0 aliphatic carbocycles.